The summed E-state index contributed by atoms with van der Waals surface area (Å²) >= 11 is 0. The Bertz CT molecular complexity index is 701. The van der Waals surface area contributed by atoms with E-state index in [-0.39, 0.29) is 5.75 Å². The summed E-state index contributed by atoms with van der Waals surface area (Å²) in [6.07, 6.45) is -2.01. The van der Waals surface area contributed by atoms with Crippen LogP contribution in [-0.2, 0) is 17.7 Å². The van der Waals surface area contributed by atoms with Crippen LogP contribution in [0.25, 0.3) is 0 Å². The Labute approximate surface area is 161 Å². The van der Waals surface area contributed by atoms with Crippen molar-refractivity contribution >= 4 is 5.96 Å². The predicted octanol–water partition coefficient (Wildman–Crippen LogP) is 3.15. The zero-order valence-corrected chi connectivity index (χ0v) is 15.6. The average molecular weight is 399 g/mol. The zero-order chi connectivity index (χ0) is 20.2. The van der Waals surface area contributed by atoms with Gasteiger partial charge in [-0.3, -0.25) is 0 Å². The number of benzene rings is 1. The quantitative estimate of drug-likeness (QED) is 0.365. The Morgan fingerprint density at radius 1 is 1.11 bits per heavy atom. The maximum atomic E-state index is 12.2. The monoisotopic (exact) mass is 399 g/mol. The van der Waals surface area contributed by atoms with Crippen LogP contribution >= 0.6 is 0 Å². The van der Waals surface area contributed by atoms with Gasteiger partial charge in [-0.05, 0) is 29.8 Å². The third-order valence-corrected chi connectivity index (χ3v) is 3.59. The van der Waals surface area contributed by atoms with Crippen LogP contribution in [0.2, 0.25) is 0 Å². The number of alkyl halides is 3. The van der Waals surface area contributed by atoms with Gasteiger partial charge in [0.25, 0.3) is 0 Å². The molecule has 0 atom stereocenters. The lowest BCUT2D eigenvalue weighted by Gasteiger charge is -2.12. The molecule has 9 heteroatoms. The van der Waals surface area contributed by atoms with E-state index in [0.717, 1.165) is 11.3 Å². The van der Waals surface area contributed by atoms with Gasteiger partial charge in [0, 0.05) is 26.6 Å². The summed E-state index contributed by atoms with van der Waals surface area (Å²) in [5.74, 6) is 1.65. The maximum absolute atomic E-state index is 12.2. The first-order chi connectivity index (χ1) is 13.5. The number of halogens is 3. The number of nitrogens with one attached hydrogen (secondary N) is 2. The molecule has 0 aliphatic rings. The first kappa shape index (κ1) is 21.6. The van der Waals surface area contributed by atoms with E-state index in [1.165, 1.54) is 12.1 Å². The van der Waals surface area contributed by atoms with E-state index in [1.54, 1.807) is 25.5 Å². The Balaban J connectivity index is 1.86. The number of guanidine groups is 1. The van der Waals surface area contributed by atoms with E-state index in [4.69, 9.17) is 13.9 Å². The van der Waals surface area contributed by atoms with Gasteiger partial charge in [-0.15, -0.1) is 0 Å². The minimum Gasteiger partial charge on any atom is -0.484 e. The van der Waals surface area contributed by atoms with Gasteiger partial charge >= 0.3 is 6.18 Å². The Morgan fingerprint density at radius 2 is 1.86 bits per heavy atom. The molecular weight excluding hydrogens is 375 g/mol. The molecular formula is C19H24F3N3O3. The molecule has 0 radical (unpaired) electrons. The fourth-order valence-electron chi connectivity index (χ4n) is 2.23. The molecule has 6 nitrogen and oxygen atoms in total. The third-order valence-electron chi connectivity index (χ3n) is 3.59. The number of hydrogen-bond acceptors (Lipinski definition) is 4. The number of aliphatic imine (C=N–C) groups is 1. The average Bonchev–Trinajstić information content (AvgIpc) is 3.18. The highest BCUT2D eigenvalue weighted by Gasteiger charge is 2.28. The van der Waals surface area contributed by atoms with Crippen LogP contribution < -0.4 is 15.4 Å². The van der Waals surface area contributed by atoms with Crippen molar-refractivity contribution in [3.05, 3.63) is 54.0 Å². The maximum Gasteiger partial charge on any atom is 0.422 e. The number of hydrogen-bond donors (Lipinski definition) is 2. The molecule has 0 aliphatic heterocycles. The van der Waals surface area contributed by atoms with Crippen molar-refractivity contribution in [1.82, 2.24) is 10.6 Å². The smallest absolute Gasteiger partial charge is 0.422 e. The lowest BCUT2D eigenvalue weighted by Crippen LogP contribution is -2.40. The van der Waals surface area contributed by atoms with Crippen LogP contribution in [0, 0.1) is 0 Å². The van der Waals surface area contributed by atoms with E-state index in [1.807, 2.05) is 12.1 Å². The van der Waals surface area contributed by atoms with Gasteiger partial charge < -0.3 is 24.5 Å². The molecule has 2 N–H and O–H groups in total. The summed E-state index contributed by atoms with van der Waals surface area (Å²) in [6.45, 7) is 0.814. The fourth-order valence-corrected chi connectivity index (χ4v) is 2.23. The van der Waals surface area contributed by atoms with Crippen molar-refractivity contribution in [1.29, 1.82) is 0 Å². The molecule has 0 bridgehead atoms. The highest BCUT2D eigenvalue weighted by molar-refractivity contribution is 5.79. The molecule has 0 aliphatic carbocycles. The molecule has 2 aromatic rings. The minimum absolute atomic E-state index is 0.167. The van der Waals surface area contributed by atoms with Crippen molar-refractivity contribution in [2.24, 2.45) is 4.99 Å². The number of methoxy groups -OCH3 is 1. The van der Waals surface area contributed by atoms with Crippen molar-refractivity contribution < 1.29 is 27.1 Å². The molecule has 0 spiro atoms. The summed E-state index contributed by atoms with van der Waals surface area (Å²) in [6, 6.07) is 10.1. The molecule has 0 saturated carbocycles. The van der Waals surface area contributed by atoms with Crippen LogP contribution in [0.1, 0.15) is 11.3 Å². The van der Waals surface area contributed by atoms with Crippen molar-refractivity contribution in [3.8, 4) is 5.75 Å². The lowest BCUT2D eigenvalue weighted by atomic mass is 10.2. The molecule has 0 saturated heterocycles. The highest BCUT2D eigenvalue weighted by atomic mass is 19.4. The molecule has 2 rings (SSSR count). The van der Waals surface area contributed by atoms with Crippen molar-refractivity contribution in [2.45, 2.75) is 19.1 Å². The zero-order valence-electron chi connectivity index (χ0n) is 15.6. The summed E-state index contributed by atoms with van der Waals surface area (Å²) in [5.41, 5.74) is 0.846. The third kappa shape index (κ3) is 8.81. The number of ether oxygens (including phenoxy) is 2. The summed E-state index contributed by atoms with van der Waals surface area (Å²) in [4.78, 5) is 4.49. The van der Waals surface area contributed by atoms with E-state index in [2.05, 4.69) is 15.6 Å². The van der Waals surface area contributed by atoms with Crippen LogP contribution in [0.15, 0.2) is 52.1 Å². The molecule has 1 aromatic heterocycles. The van der Waals surface area contributed by atoms with Crippen LogP contribution in [-0.4, -0.2) is 45.5 Å². The molecule has 0 fully saturated rings. The second-order valence-electron chi connectivity index (χ2n) is 5.89. The molecule has 1 heterocycles. The largest absolute Gasteiger partial charge is 0.484 e. The molecule has 1 aromatic carbocycles. The van der Waals surface area contributed by atoms with Crippen LogP contribution in [0.5, 0.6) is 5.75 Å². The standard InChI is InChI=1S/C19H24F3N3O3/c1-26-12-10-24-18(23-9-8-16-3-2-11-27-16)25-13-15-4-6-17(7-5-15)28-14-19(20,21)22/h2-7,11H,8-10,12-14H2,1H3,(H2,23,24,25). The van der Waals surface area contributed by atoms with Crippen molar-refractivity contribution in [3.63, 3.8) is 0 Å². The second kappa shape index (κ2) is 11.2. The normalized spacial score (nSPS) is 12.1. The van der Waals surface area contributed by atoms with Gasteiger partial charge in [-0.2, -0.15) is 13.2 Å². The number of nitrogens with zero attached hydrogens (tertiary/aromatic N) is 1. The Morgan fingerprint density at radius 3 is 2.50 bits per heavy atom. The van der Waals surface area contributed by atoms with Gasteiger partial charge in [-0.25, -0.2) is 4.99 Å². The van der Waals surface area contributed by atoms with Gasteiger partial charge in [-0.1, -0.05) is 12.1 Å². The first-order valence-electron chi connectivity index (χ1n) is 8.78. The fraction of sp³-hybridized carbons (Fsp3) is 0.421. The van der Waals surface area contributed by atoms with Gasteiger partial charge in [0.1, 0.15) is 11.5 Å². The predicted molar refractivity (Wildman–Crippen MR) is 99.4 cm³/mol. The Hall–Kier alpha value is -2.68. The van der Waals surface area contributed by atoms with E-state index >= 15 is 0 Å². The molecule has 154 valence electrons. The number of rotatable bonds is 10. The van der Waals surface area contributed by atoms with Crippen molar-refractivity contribution in [2.75, 3.05) is 33.4 Å². The van der Waals surface area contributed by atoms with E-state index in [9.17, 15) is 13.2 Å². The molecule has 0 amide bonds. The topological polar surface area (TPSA) is 68.0 Å². The second-order valence-corrected chi connectivity index (χ2v) is 5.89. The molecule has 28 heavy (non-hydrogen) atoms. The van der Waals surface area contributed by atoms with E-state index in [0.29, 0.717) is 38.6 Å². The van der Waals surface area contributed by atoms with Crippen LogP contribution in [0.3, 0.4) is 0 Å². The Kier molecular flexibility index (Phi) is 8.67. The summed E-state index contributed by atoms with van der Waals surface area (Å²) in [5, 5.41) is 6.36. The van der Waals surface area contributed by atoms with Gasteiger partial charge in [0.15, 0.2) is 12.6 Å². The first-order valence-corrected chi connectivity index (χ1v) is 8.78. The minimum atomic E-state index is -4.35. The summed E-state index contributed by atoms with van der Waals surface area (Å²) in [7, 11) is 1.62. The van der Waals surface area contributed by atoms with Gasteiger partial charge in [0.05, 0.1) is 19.4 Å². The summed E-state index contributed by atoms with van der Waals surface area (Å²) < 4.78 is 51.5. The van der Waals surface area contributed by atoms with Gasteiger partial charge in [0.2, 0.25) is 0 Å². The lowest BCUT2D eigenvalue weighted by molar-refractivity contribution is -0.153. The highest BCUT2D eigenvalue weighted by Crippen LogP contribution is 2.19. The van der Waals surface area contributed by atoms with Crippen LogP contribution in [0.4, 0.5) is 13.2 Å². The molecule has 0 unspecified atom stereocenters. The number of furan rings is 1. The SMILES string of the molecule is COCCNC(=NCc1ccc(OCC(F)(F)F)cc1)NCCc1ccco1. The van der Waals surface area contributed by atoms with E-state index < -0.39 is 12.8 Å².